The summed E-state index contributed by atoms with van der Waals surface area (Å²) in [5.74, 6) is -2.28. The summed E-state index contributed by atoms with van der Waals surface area (Å²) in [6.07, 6.45) is 1.71. The van der Waals surface area contributed by atoms with Gasteiger partial charge in [-0.2, -0.15) is 0 Å². The van der Waals surface area contributed by atoms with Crippen molar-refractivity contribution in [2.75, 3.05) is 23.3 Å². The predicted molar refractivity (Wildman–Crippen MR) is 146 cm³/mol. The zero-order valence-electron chi connectivity index (χ0n) is 21.5. The summed E-state index contributed by atoms with van der Waals surface area (Å²) >= 11 is 6.12. The highest BCUT2D eigenvalue weighted by Gasteiger charge is 2.50. The van der Waals surface area contributed by atoms with Crippen LogP contribution in [0.15, 0.2) is 60.9 Å². The monoisotopic (exact) mass is 581 g/mol. The van der Waals surface area contributed by atoms with Gasteiger partial charge in [0.2, 0.25) is 0 Å². The van der Waals surface area contributed by atoms with Gasteiger partial charge >= 0.3 is 12.2 Å². The Balaban J connectivity index is 1.50. The van der Waals surface area contributed by atoms with Gasteiger partial charge in [0.1, 0.15) is 6.04 Å². The van der Waals surface area contributed by atoms with Crippen LogP contribution in [0.2, 0.25) is 5.02 Å². The summed E-state index contributed by atoms with van der Waals surface area (Å²) < 4.78 is 21.3. The minimum atomic E-state index is -1.34. The second-order valence-corrected chi connectivity index (χ2v) is 10.1. The largest absolute Gasteiger partial charge is 0.465 e. The quantitative estimate of drug-likeness (QED) is 0.340. The molecule has 1 fully saturated rings. The van der Waals surface area contributed by atoms with E-state index in [1.165, 1.54) is 48.8 Å². The molecule has 1 aromatic heterocycles. The van der Waals surface area contributed by atoms with Gasteiger partial charge in [-0.3, -0.25) is 19.9 Å². The summed E-state index contributed by atoms with van der Waals surface area (Å²) in [6, 6.07) is 10.3. The Morgan fingerprint density at radius 2 is 1.88 bits per heavy atom. The van der Waals surface area contributed by atoms with Crippen molar-refractivity contribution in [1.29, 1.82) is 0 Å². The standard InChI is InChI=1S/C28H25ClFN5O6/c29-19-6-7-21-22(23(19)30)28(10-1-11-32-15-28)41-27(40)35(21)25(37)20(14-16-8-12-31-13-9-16)34-24(36)17-2-4-18(5-3-17)33-26(38)39/h2-9,12-13,20,32-33H,1,10-11,14-15H2,(H,34,36)(H,38,39)/t20-,28-/m0/s1. The van der Waals surface area contributed by atoms with Crippen LogP contribution < -0.4 is 20.9 Å². The van der Waals surface area contributed by atoms with Crippen LogP contribution in [0.25, 0.3) is 0 Å². The maximum absolute atomic E-state index is 15.6. The number of carbonyl (C=O) groups excluding carboxylic acids is 3. The van der Waals surface area contributed by atoms with Crippen LogP contribution >= 0.6 is 11.6 Å². The fourth-order valence-corrected chi connectivity index (χ4v) is 5.25. The van der Waals surface area contributed by atoms with E-state index in [9.17, 15) is 19.2 Å². The van der Waals surface area contributed by atoms with Crippen molar-refractivity contribution in [3.63, 3.8) is 0 Å². The van der Waals surface area contributed by atoms with E-state index in [0.717, 1.165) is 4.90 Å². The Kier molecular flexibility index (Phi) is 7.86. The fraction of sp³-hybridized carbons (Fsp3) is 0.250. The van der Waals surface area contributed by atoms with Gasteiger partial charge in [-0.25, -0.2) is 18.9 Å². The Hall–Kier alpha value is -4.55. The molecule has 1 saturated heterocycles. The molecular formula is C28H25ClFN5O6. The molecule has 0 radical (unpaired) electrons. The molecule has 0 saturated carbocycles. The number of nitrogens with one attached hydrogen (secondary N) is 3. The molecule has 0 unspecified atom stereocenters. The summed E-state index contributed by atoms with van der Waals surface area (Å²) in [4.78, 5) is 56.2. The zero-order valence-corrected chi connectivity index (χ0v) is 22.3. The first-order chi connectivity index (χ1) is 19.7. The minimum Gasteiger partial charge on any atom is -0.465 e. The SMILES string of the molecule is O=C(O)Nc1ccc(C(=O)N[C@@H](Cc2ccncc2)C(=O)N2C(=O)O[C@]3(CCCNC3)c3c2ccc(Cl)c3F)cc1. The lowest BCUT2D eigenvalue weighted by Crippen LogP contribution is -2.58. The number of anilines is 2. The molecule has 5 rings (SSSR count). The van der Waals surface area contributed by atoms with E-state index in [1.54, 1.807) is 12.1 Å². The summed E-state index contributed by atoms with van der Waals surface area (Å²) in [5, 5.41) is 16.7. The van der Waals surface area contributed by atoms with Crippen molar-refractivity contribution in [2.45, 2.75) is 30.9 Å². The zero-order chi connectivity index (χ0) is 29.1. The molecule has 4 amide bonds. The van der Waals surface area contributed by atoms with E-state index in [2.05, 4.69) is 20.9 Å². The maximum Gasteiger partial charge on any atom is 0.422 e. The van der Waals surface area contributed by atoms with Crippen molar-refractivity contribution in [3.05, 3.63) is 88.5 Å². The molecule has 41 heavy (non-hydrogen) atoms. The average molecular weight is 582 g/mol. The van der Waals surface area contributed by atoms with Crippen LogP contribution in [-0.2, 0) is 21.6 Å². The van der Waals surface area contributed by atoms with Crippen LogP contribution in [0, 0.1) is 5.82 Å². The van der Waals surface area contributed by atoms with E-state index in [1.807, 2.05) is 0 Å². The second kappa shape index (κ2) is 11.5. The normalized spacial score (nSPS) is 18.7. The average Bonchev–Trinajstić information content (AvgIpc) is 2.95. The Morgan fingerprint density at radius 3 is 2.54 bits per heavy atom. The smallest absolute Gasteiger partial charge is 0.422 e. The lowest BCUT2D eigenvalue weighted by atomic mass is 9.83. The van der Waals surface area contributed by atoms with Gasteiger partial charge < -0.3 is 20.5 Å². The highest BCUT2D eigenvalue weighted by atomic mass is 35.5. The number of hydrogen-bond acceptors (Lipinski definition) is 7. The highest BCUT2D eigenvalue weighted by Crippen LogP contribution is 2.46. The number of imide groups is 1. The summed E-state index contributed by atoms with van der Waals surface area (Å²) in [6.45, 7) is 0.807. The molecule has 2 atom stereocenters. The van der Waals surface area contributed by atoms with Crippen molar-refractivity contribution in [3.8, 4) is 0 Å². The maximum atomic E-state index is 15.6. The van der Waals surface area contributed by atoms with Gasteiger partial charge in [-0.1, -0.05) is 11.6 Å². The number of carbonyl (C=O) groups is 4. The van der Waals surface area contributed by atoms with Crippen molar-refractivity contribution in [1.82, 2.24) is 15.6 Å². The first-order valence-corrected chi connectivity index (χ1v) is 13.1. The summed E-state index contributed by atoms with van der Waals surface area (Å²) in [5.41, 5.74) is -0.319. The van der Waals surface area contributed by atoms with Crippen LogP contribution in [-0.4, -0.2) is 53.2 Å². The first kappa shape index (κ1) is 28.0. The van der Waals surface area contributed by atoms with Crippen molar-refractivity contribution >= 4 is 47.0 Å². The number of pyridine rings is 1. The van der Waals surface area contributed by atoms with Gasteiger partial charge in [0.25, 0.3) is 11.8 Å². The van der Waals surface area contributed by atoms with Gasteiger partial charge in [0.15, 0.2) is 11.4 Å². The van der Waals surface area contributed by atoms with Crippen LogP contribution in [0.3, 0.4) is 0 Å². The Labute approximate surface area is 238 Å². The molecule has 2 aliphatic rings. The van der Waals surface area contributed by atoms with Crippen LogP contribution in [0.1, 0.15) is 34.3 Å². The van der Waals surface area contributed by atoms with E-state index in [0.29, 0.717) is 24.9 Å². The highest BCUT2D eigenvalue weighted by molar-refractivity contribution is 6.31. The third-order valence-electron chi connectivity index (χ3n) is 6.99. The Morgan fingerprint density at radius 1 is 1.15 bits per heavy atom. The first-order valence-electron chi connectivity index (χ1n) is 12.7. The molecule has 3 aromatic rings. The number of piperidine rings is 1. The Bertz CT molecular complexity index is 1500. The predicted octanol–water partition coefficient (Wildman–Crippen LogP) is 4.07. The molecule has 0 aliphatic carbocycles. The molecule has 1 spiro atoms. The van der Waals surface area contributed by atoms with E-state index >= 15 is 4.39 Å². The number of aromatic nitrogens is 1. The molecule has 0 bridgehead atoms. The molecule has 4 N–H and O–H groups in total. The number of rotatable bonds is 6. The van der Waals surface area contributed by atoms with Gasteiger partial charge in [-0.05, 0) is 73.5 Å². The minimum absolute atomic E-state index is 0.000608. The number of hydrogen-bond donors (Lipinski definition) is 4. The van der Waals surface area contributed by atoms with Crippen LogP contribution in [0.4, 0.5) is 25.4 Å². The number of fused-ring (bicyclic) bond motifs is 2. The molecule has 11 nitrogen and oxygen atoms in total. The van der Waals surface area contributed by atoms with Crippen molar-refractivity contribution < 1.29 is 33.4 Å². The number of nitrogens with zero attached hydrogens (tertiary/aromatic N) is 2. The number of amides is 4. The van der Waals surface area contributed by atoms with E-state index < -0.39 is 41.5 Å². The van der Waals surface area contributed by atoms with E-state index in [4.69, 9.17) is 21.4 Å². The lowest BCUT2D eigenvalue weighted by Gasteiger charge is -2.44. The molecule has 2 aliphatic heterocycles. The van der Waals surface area contributed by atoms with Gasteiger partial charge in [-0.15, -0.1) is 0 Å². The fourth-order valence-electron chi connectivity index (χ4n) is 5.09. The van der Waals surface area contributed by atoms with Crippen LogP contribution in [0.5, 0.6) is 0 Å². The number of benzene rings is 2. The molecular weight excluding hydrogens is 557 g/mol. The number of halogens is 2. The number of ether oxygens (including phenoxy) is 1. The second-order valence-electron chi connectivity index (χ2n) is 9.66. The third kappa shape index (κ3) is 5.70. The van der Waals surface area contributed by atoms with Gasteiger partial charge in [0, 0.05) is 36.6 Å². The van der Waals surface area contributed by atoms with Crippen molar-refractivity contribution in [2.24, 2.45) is 0 Å². The lowest BCUT2D eigenvalue weighted by molar-refractivity contribution is -0.120. The third-order valence-corrected chi connectivity index (χ3v) is 7.28. The summed E-state index contributed by atoms with van der Waals surface area (Å²) in [7, 11) is 0. The molecule has 3 heterocycles. The van der Waals surface area contributed by atoms with E-state index in [-0.39, 0.29) is 40.5 Å². The molecule has 2 aromatic carbocycles. The molecule has 212 valence electrons. The topological polar surface area (TPSA) is 150 Å². The number of carboxylic acid groups (broad SMARTS) is 1. The van der Waals surface area contributed by atoms with Gasteiger partial charge in [0.05, 0.1) is 16.3 Å². The molecule has 13 heteroatoms.